The molecule has 0 bridgehead atoms. The summed E-state index contributed by atoms with van der Waals surface area (Å²) < 4.78 is 50.3. The summed E-state index contributed by atoms with van der Waals surface area (Å²) >= 11 is 0. The van der Waals surface area contributed by atoms with E-state index in [9.17, 15) is 0 Å². The average Bonchev–Trinajstić information content (AvgIpc) is 2.76. The van der Waals surface area contributed by atoms with Gasteiger partial charge in [0.15, 0.2) is 0 Å². The van der Waals surface area contributed by atoms with Crippen LogP contribution in [0, 0.1) is 0 Å². The van der Waals surface area contributed by atoms with Crippen LogP contribution in [0.3, 0.4) is 0 Å². The zero-order valence-corrected chi connectivity index (χ0v) is 23.1. The lowest BCUT2D eigenvalue weighted by molar-refractivity contribution is 0.125. The Kier molecular flexibility index (Phi) is 14.8. The highest BCUT2D eigenvalue weighted by atomic mass is 28.4. The van der Waals surface area contributed by atoms with Gasteiger partial charge < -0.3 is 39.8 Å². The smallest absolute Gasteiger partial charge is 0.377 e. The molecular formula is C15H40O9Si4. The molecule has 0 rings (SSSR count). The van der Waals surface area contributed by atoms with E-state index in [0.29, 0.717) is 0 Å². The van der Waals surface area contributed by atoms with Crippen LogP contribution in [0.15, 0.2) is 0 Å². The van der Waals surface area contributed by atoms with Crippen LogP contribution in [0.5, 0.6) is 0 Å². The van der Waals surface area contributed by atoms with E-state index in [1.54, 1.807) is 64.0 Å². The van der Waals surface area contributed by atoms with Crippen LogP contribution in [-0.2, 0) is 39.8 Å². The molecule has 0 heterocycles. The third-order valence-electron chi connectivity index (χ3n) is 5.38. The number of hydrogen-bond donors (Lipinski definition) is 0. The maximum absolute atomic E-state index is 5.59. The van der Waals surface area contributed by atoms with Crippen molar-refractivity contribution >= 4 is 35.2 Å². The lowest BCUT2D eigenvalue weighted by Crippen LogP contribution is -2.46. The van der Waals surface area contributed by atoms with Crippen LogP contribution in [0.2, 0.25) is 36.3 Å². The molecule has 0 radical (unpaired) electrons. The minimum absolute atomic E-state index is 0.774. The summed E-state index contributed by atoms with van der Waals surface area (Å²) in [6.07, 6.45) is 0. The van der Waals surface area contributed by atoms with E-state index in [4.69, 9.17) is 39.8 Å². The second kappa shape index (κ2) is 14.5. The summed E-state index contributed by atoms with van der Waals surface area (Å²) in [7, 11) is 5.71. The van der Waals surface area contributed by atoms with Gasteiger partial charge in [0.1, 0.15) is 0 Å². The summed E-state index contributed by atoms with van der Waals surface area (Å²) in [4.78, 5) is 0. The molecule has 0 unspecified atom stereocenters. The quantitative estimate of drug-likeness (QED) is 0.275. The number of rotatable bonds is 18. The third-order valence-corrected chi connectivity index (χ3v) is 18.7. The van der Waals surface area contributed by atoms with Gasteiger partial charge in [-0.3, -0.25) is 0 Å². The lowest BCUT2D eigenvalue weighted by Gasteiger charge is -2.30. The molecule has 0 aromatic carbocycles. The van der Waals surface area contributed by atoms with Gasteiger partial charge in [-0.1, -0.05) is 18.1 Å². The number of hydrogen-bond acceptors (Lipinski definition) is 9. The van der Waals surface area contributed by atoms with E-state index in [0.717, 1.165) is 36.3 Å². The molecule has 0 N–H and O–H groups in total. The normalized spacial score (nSPS) is 13.5. The van der Waals surface area contributed by atoms with Crippen molar-refractivity contribution in [2.45, 2.75) is 36.3 Å². The van der Waals surface area contributed by atoms with E-state index in [1.165, 1.54) is 0 Å². The minimum atomic E-state index is -2.61. The molecule has 13 heteroatoms. The van der Waals surface area contributed by atoms with E-state index >= 15 is 0 Å². The maximum Gasteiger partial charge on any atom is 0.499 e. The van der Waals surface area contributed by atoms with Gasteiger partial charge in [-0.05, 0) is 0 Å². The summed E-state index contributed by atoms with van der Waals surface area (Å²) in [6.45, 7) is 0. The summed E-state index contributed by atoms with van der Waals surface area (Å²) in [6, 6.07) is 5.34. The molecule has 0 aliphatic carbocycles. The Morgan fingerprint density at radius 1 is 0.393 bits per heavy atom. The van der Waals surface area contributed by atoms with Crippen molar-refractivity contribution in [1.29, 1.82) is 0 Å². The first kappa shape index (κ1) is 28.5. The fourth-order valence-corrected chi connectivity index (χ4v) is 16.6. The van der Waals surface area contributed by atoms with Crippen molar-refractivity contribution in [2.75, 3.05) is 64.0 Å². The van der Waals surface area contributed by atoms with E-state index < -0.39 is 35.2 Å². The van der Waals surface area contributed by atoms with Gasteiger partial charge >= 0.3 is 26.4 Å². The zero-order chi connectivity index (χ0) is 21.7. The highest BCUT2D eigenvalue weighted by Crippen LogP contribution is 2.27. The predicted molar refractivity (Wildman–Crippen MR) is 116 cm³/mol. The second-order valence-electron chi connectivity index (χ2n) is 6.37. The van der Waals surface area contributed by atoms with E-state index in [2.05, 4.69) is 0 Å². The first-order chi connectivity index (χ1) is 13.3. The Morgan fingerprint density at radius 2 is 0.571 bits per heavy atom. The molecule has 28 heavy (non-hydrogen) atoms. The van der Waals surface area contributed by atoms with Crippen molar-refractivity contribution < 1.29 is 39.8 Å². The first-order valence-corrected chi connectivity index (χ1v) is 17.5. The highest BCUT2D eigenvalue weighted by molar-refractivity contribution is 6.70. The monoisotopic (exact) mass is 476 g/mol. The summed E-state index contributed by atoms with van der Waals surface area (Å²) in [5.41, 5.74) is 0. The van der Waals surface area contributed by atoms with Crippen molar-refractivity contribution in [3.05, 3.63) is 0 Å². The van der Waals surface area contributed by atoms with Gasteiger partial charge in [0.05, 0.1) is 0 Å². The molecule has 0 aliphatic rings. The van der Waals surface area contributed by atoms with Crippen molar-refractivity contribution in [1.82, 2.24) is 0 Å². The second-order valence-corrected chi connectivity index (χ2v) is 19.1. The third kappa shape index (κ3) is 8.33. The summed E-state index contributed by atoms with van der Waals surface area (Å²) in [5.74, 6) is 0. The van der Waals surface area contributed by atoms with Crippen LogP contribution in [0.4, 0.5) is 0 Å². The van der Waals surface area contributed by atoms with Crippen LogP contribution < -0.4 is 0 Å². The first-order valence-electron chi connectivity index (χ1n) is 9.30. The van der Waals surface area contributed by atoms with E-state index in [1.807, 2.05) is 0 Å². The Bertz CT molecular complexity index is 312. The van der Waals surface area contributed by atoms with E-state index in [-0.39, 0.29) is 0 Å². The molecule has 0 fully saturated rings. The van der Waals surface area contributed by atoms with Gasteiger partial charge in [-0.15, -0.1) is 0 Å². The van der Waals surface area contributed by atoms with Gasteiger partial charge in [0.25, 0.3) is 0 Å². The topological polar surface area (TPSA) is 83.1 Å². The molecule has 170 valence electrons. The molecule has 0 spiro atoms. The Morgan fingerprint density at radius 3 is 0.714 bits per heavy atom. The minimum Gasteiger partial charge on any atom is -0.377 e. The Hall–Kier alpha value is 0.508. The summed E-state index contributed by atoms with van der Waals surface area (Å²) in [5, 5.41) is 0. The maximum atomic E-state index is 5.59. The molecule has 0 atom stereocenters. The van der Waals surface area contributed by atoms with Crippen LogP contribution >= 0.6 is 0 Å². The Labute approximate surface area is 175 Å². The van der Waals surface area contributed by atoms with Crippen molar-refractivity contribution in [3.63, 3.8) is 0 Å². The van der Waals surface area contributed by atoms with Crippen LogP contribution in [0.25, 0.3) is 0 Å². The molecule has 0 aromatic heterocycles. The highest BCUT2D eigenvalue weighted by Gasteiger charge is 2.43. The average molecular weight is 477 g/mol. The van der Waals surface area contributed by atoms with Crippen LogP contribution in [-0.4, -0.2) is 99.2 Å². The largest absolute Gasteiger partial charge is 0.499 e. The Balaban J connectivity index is 5.19. The van der Waals surface area contributed by atoms with Crippen LogP contribution in [0.1, 0.15) is 0 Å². The fraction of sp³-hybridized carbons (Fsp3) is 1.00. The van der Waals surface area contributed by atoms with Gasteiger partial charge in [-0.2, -0.15) is 0 Å². The fourth-order valence-electron chi connectivity index (χ4n) is 3.24. The van der Waals surface area contributed by atoms with Gasteiger partial charge in [0, 0.05) is 90.9 Å². The molecule has 0 aromatic rings. The molecule has 9 nitrogen and oxygen atoms in total. The van der Waals surface area contributed by atoms with Gasteiger partial charge in [0.2, 0.25) is 0 Å². The standard InChI is InChI=1S/C15H40O9Si4/c1-16-26(17-2,18-3)13-10-25(11-14-27(19-4,20-5)21-6)12-15-28(22-7,23-8)24-9/h25H,10-15H2,1-9H3. The van der Waals surface area contributed by atoms with Gasteiger partial charge in [-0.25, -0.2) is 0 Å². The molecule has 0 saturated heterocycles. The molecule has 0 aliphatic heterocycles. The molecule has 0 amide bonds. The molecule has 0 saturated carbocycles. The van der Waals surface area contributed by atoms with Crippen molar-refractivity contribution in [3.8, 4) is 0 Å². The lowest BCUT2D eigenvalue weighted by atomic mass is 10.9. The zero-order valence-electron chi connectivity index (χ0n) is 19.0. The SMILES string of the molecule is CO[Si](CC[SiH](CC[Si](OC)(OC)OC)CC[Si](OC)(OC)OC)(OC)OC. The van der Waals surface area contributed by atoms with Crippen molar-refractivity contribution in [2.24, 2.45) is 0 Å². The predicted octanol–water partition coefficient (Wildman–Crippen LogP) is 1.85. The molecular weight excluding hydrogens is 437 g/mol.